The Bertz CT molecular complexity index is 986. The summed E-state index contributed by atoms with van der Waals surface area (Å²) in [6, 6.07) is 12.1. The standard InChI is InChI=1S/C15H7BrN2OS3/c16-13-6-5-12(21-13)10-3-2-9(14-15(10)18-22-17-14)11-4-1-8(7-19)20-11/h1-7H. The van der Waals surface area contributed by atoms with Crippen molar-refractivity contribution in [3.63, 3.8) is 0 Å². The highest BCUT2D eigenvalue weighted by Crippen LogP contribution is 2.39. The minimum atomic E-state index is 0.720. The molecule has 0 atom stereocenters. The molecule has 3 aromatic heterocycles. The molecule has 1 aromatic carbocycles. The second-order valence-corrected chi connectivity index (χ2v) is 8.65. The van der Waals surface area contributed by atoms with Gasteiger partial charge in [0.25, 0.3) is 0 Å². The van der Waals surface area contributed by atoms with Gasteiger partial charge in [0.05, 0.1) is 20.4 Å². The summed E-state index contributed by atoms with van der Waals surface area (Å²) < 4.78 is 10.0. The quantitative estimate of drug-likeness (QED) is 0.408. The molecule has 0 amide bonds. The monoisotopic (exact) mass is 406 g/mol. The molecule has 7 heteroatoms. The number of carbonyl (C=O) groups is 1. The van der Waals surface area contributed by atoms with Crippen LogP contribution in [0.25, 0.3) is 31.9 Å². The normalized spacial score (nSPS) is 11.1. The van der Waals surface area contributed by atoms with Crippen LogP contribution in [0.4, 0.5) is 0 Å². The van der Waals surface area contributed by atoms with Crippen LogP contribution in [0.15, 0.2) is 40.2 Å². The number of hydrogen-bond acceptors (Lipinski definition) is 6. The van der Waals surface area contributed by atoms with Crippen molar-refractivity contribution >= 4 is 67.7 Å². The molecule has 0 aliphatic carbocycles. The van der Waals surface area contributed by atoms with Crippen molar-refractivity contribution in [3.8, 4) is 20.9 Å². The van der Waals surface area contributed by atoms with Crippen LogP contribution >= 0.6 is 50.3 Å². The number of benzene rings is 1. The Morgan fingerprint density at radius 3 is 2.05 bits per heavy atom. The zero-order chi connectivity index (χ0) is 15.1. The van der Waals surface area contributed by atoms with E-state index in [2.05, 4.69) is 42.9 Å². The molecular weight excluding hydrogens is 400 g/mol. The fraction of sp³-hybridized carbons (Fsp3) is 0. The zero-order valence-corrected chi connectivity index (χ0v) is 15.0. The zero-order valence-electron chi connectivity index (χ0n) is 10.9. The van der Waals surface area contributed by atoms with Crippen LogP contribution in [0.5, 0.6) is 0 Å². The van der Waals surface area contributed by atoms with Gasteiger partial charge >= 0.3 is 0 Å². The molecule has 0 N–H and O–H groups in total. The summed E-state index contributed by atoms with van der Waals surface area (Å²) in [5, 5.41) is 0. The van der Waals surface area contributed by atoms with Crippen molar-refractivity contribution in [2.24, 2.45) is 0 Å². The van der Waals surface area contributed by atoms with Gasteiger partial charge in [0.1, 0.15) is 11.0 Å². The predicted octanol–water partition coefficient (Wildman–Crippen LogP) is 5.72. The lowest BCUT2D eigenvalue weighted by Gasteiger charge is -2.03. The smallest absolute Gasteiger partial charge is 0.160 e. The van der Waals surface area contributed by atoms with Crippen molar-refractivity contribution in [3.05, 3.63) is 45.1 Å². The predicted molar refractivity (Wildman–Crippen MR) is 97.1 cm³/mol. The summed E-state index contributed by atoms with van der Waals surface area (Å²) in [5.74, 6) is 0. The third kappa shape index (κ3) is 2.34. The lowest BCUT2D eigenvalue weighted by molar-refractivity contribution is 0.112. The molecule has 0 aliphatic heterocycles. The van der Waals surface area contributed by atoms with Gasteiger partial charge in [-0.15, -0.1) is 22.7 Å². The second-order valence-electron chi connectivity index (χ2n) is 4.55. The van der Waals surface area contributed by atoms with E-state index in [9.17, 15) is 4.79 Å². The van der Waals surface area contributed by atoms with Crippen molar-refractivity contribution in [2.45, 2.75) is 0 Å². The Morgan fingerprint density at radius 1 is 0.864 bits per heavy atom. The molecule has 3 heterocycles. The molecule has 0 bridgehead atoms. The Kier molecular flexibility index (Phi) is 3.65. The summed E-state index contributed by atoms with van der Waals surface area (Å²) in [4.78, 5) is 13.8. The topological polar surface area (TPSA) is 42.9 Å². The average molecular weight is 407 g/mol. The van der Waals surface area contributed by atoms with Gasteiger partial charge in [-0.3, -0.25) is 4.79 Å². The Morgan fingerprint density at radius 2 is 1.50 bits per heavy atom. The molecule has 0 saturated heterocycles. The summed E-state index contributed by atoms with van der Waals surface area (Å²) in [5.41, 5.74) is 3.93. The van der Waals surface area contributed by atoms with Crippen LogP contribution in [-0.2, 0) is 0 Å². The van der Waals surface area contributed by atoms with E-state index in [4.69, 9.17) is 0 Å². The number of hydrogen-bond donors (Lipinski definition) is 0. The molecule has 4 rings (SSSR count). The van der Waals surface area contributed by atoms with E-state index in [-0.39, 0.29) is 0 Å². The lowest BCUT2D eigenvalue weighted by Crippen LogP contribution is -1.81. The van der Waals surface area contributed by atoms with Crippen LogP contribution in [0, 0.1) is 0 Å². The van der Waals surface area contributed by atoms with E-state index in [0.29, 0.717) is 0 Å². The van der Waals surface area contributed by atoms with Gasteiger partial charge in [0.2, 0.25) is 0 Å². The Balaban J connectivity index is 1.92. The number of halogens is 1. The number of rotatable bonds is 3. The molecule has 108 valence electrons. The Hall–Kier alpha value is -1.41. The fourth-order valence-electron chi connectivity index (χ4n) is 2.28. The number of aromatic nitrogens is 2. The van der Waals surface area contributed by atoms with Gasteiger partial charge in [-0.1, -0.05) is 12.1 Å². The van der Waals surface area contributed by atoms with Gasteiger partial charge in [-0.05, 0) is 40.2 Å². The molecule has 22 heavy (non-hydrogen) atoms. The molecule has 3 nitrogen and oxygen atoms in total. The van der Waals surface area contributed by atoms with Gasteiger partial charge in [-0.25, -0.2) is 0 Å². The van der Waals surface area contributed by atoms with Crippen molar-refractivity contribution < 1.29 is 4.79 Å². The van der Waals surface area contributed by atoms with Crippen molar-refractivity contribution in [2.75, 3.05) is 0 Å². The number of aldehydes is 1. The lowest BCUT2D eigenvalue weighted by atomic mass is 10.1. The van der Waals surface area contributed by atoms with Crippen molar-refractivity contribution in [1.82, 2.24) is 8.75 Å². The van der Waals surface area contributed by atoms with Gasteiger partial charge in [0, 0.05) is 20.9 Å². The van der Waals surface area contributed by atoms with E-state index in [1.165, 1.54) is 23.1 Å². The van der Waals surface area contributed by atoms with E-state index in [0.717, 1.165) is 46.9 Å². The highest BCUT2D eigenvalue weighted by atomic mass is 79.9. The molecule has 0 radical (unpaired) electrons. The molecule has 0 aliphatic rings. The first-order chi connectivity index (χ1) is 10.8. The van der Waals surface area contributed by atoms with Crippen molar-refractivity contribution in [1.29, 1.82) is 0 Å². The molecule has 4 aromatic rings. The highest BCUT2D eigenvalue weighted by Gasteiger charge is 2.15. The molecule has 0 fully saturated rings. The fourth-order valence-corrected chi connectivity index (χ4v) is 5.12. The summed E-state index contributed by atoms with van der Waals surface area (Å²) >= 11 is 7.87. The summed E-state index contributed by atoms with van der Waals surface area (Å²) in [6.45, 7) is 0. The highest BCUT2D eigenvalue weighted by molar-refractivity contribution is 9.11. The third-order valence-electron chi connectivity index (χ3n) is 3.26. The van der Waals surface area contributed by atoms with Crippen LogP contribution in [0.3, 0.4) is 0 Å². The number of thiophene rings is 2. The van der Waals surface area contributed by atoms with Gasteiger partial charge in [-0.2, -0.15) is 8.75 Å². The SMILES string of the molecule is O=Cc1ccc(-c2ccc(-c3ccc(Br)s3)c3nsnc23)s1. The minimum absolute atomic E-state index is 0.720. The first kappa shape index (κ1) is 14.2. The maximum Gasteiger partial charge on any atom is 0.160 e. The van der Waals surface area contributed by atoms with Crippen LogP contribution in [-0.4, -0.2) is 15.0 Å². The first-order valence-electron chi connectivity index (χ1n) is 6.32. The Labute approximate surface area is 146 Å². The van der Waals surface area contributed by atoms with Crippen LogP contribution < -0.4 is 0 Å². The maximum absolute atomic E-state index is 10.9. The maximum atomic E-state index is 10.9. The first-order valence-corrected chi connectivity index (χ1v) is 9.48. The van der Waals surface area contributed by atoms with E-state index in [1.54, 1.807) is 11.3 Å². The van der Waals surface area contributed by atoms with Gasteiger partial charge < -0.3 is 0 Å². The molecular formula is C15H7BrN2OS3. The van der Waals surface area contributed by atoms with Gasteiger partial charge in [0.15, 0.2) is 6.29 Å². The molecule has 0 spiro atoms. The minimum Gasteiger partial charge on any atom is -0.297 e. The molecule has 0 saturated carbocycles. The van der Waals surface area contributed by atoms with Crippen LogP contribution in [0.1, 0.15) is 9.67 Å². The number of nitrogens with zero attached hydrogens (tertiary/aromatic N) is 2. The largest absolute Gasteiger partial charge is 0.297 e. The third-order valence-corrected chi connectivity index (χ3v) is 6.49. The van der Waals surface area contributed by atoms with E-state index < -0.39 is 0 Å². The van der Waals surface area contributed by atoms with E-state index in [1.807, 2.05) is 18.2 Å². The van der Waals surface area contributed by atoms with E-state index >= 15 is 0 Å². The second kappa shape index (κ2) is 5.66. The van der Waals surface area contributed by atoms with Crippen LogP contribution in [0.2, 0.25) is 0 Å². The number of carbonyl (C=O) groups excluding carboxylic acids is 1. The number of fused-ring (bicyclic) bond motifs is 1. The summed E-state index contributed by atoms with van der Waals surface area (Å²) in [7, 11) is 0. The average Bonchev–Trinajstić information content (AvgIpc) is 3.26. The molecule has 0 unspecified atom stereocenters. The summed E-state index contributed by atoms with van der Waals surface area (Å²) in [6.07, 6.45) is 0.877.